The summed E-state index contributed by atoms with van der Waals surface area (Å²) in [5, 5.41) is 7.08. The van der Waals surface area contributed by atoms with Crippen LogP contribution in [0.2, 0.25) is 0 Å². The molecule has 0 atom stereocenters. The van der Waals surface area contributed by atoms with Gasteiger partial charge in [-0.15, -0.1) is 0 Å². The number of hydrogen-bond donors (Lipinski definition) is 1. The maximum atomic E-state index is 4.49. The zero-order valence-corrected chi connectivity index (χ0v) is 11.6. The third-order valence-corrected chi connectivity index (χ3v) is 3.24. The Kier molecular flexibility index (Phi) is 2.99. The maximum Gasteiger partial charge on any atom is 0.138 e. The minimum absolute atomic E-state index is 0.843. The number of nitrogens with zero attached hydrogens (tertiary/aromatic N) is 3. The van der Waals surface area contributed by atoms with Crippen molar-refractivity contribution in [1.82, 2.24) is 15.0 Å². The fourth-order valence-electron chi connectivity index (χ4n) is 2.29. The van der Waals surface area contributed by atoms with Gasteiger partial charge >= 0.3 is 0 Å². The molecule has 0 amide bonds. The van der Waals surface area contributed by atoms with Crippen molar-refractivity contribution in [2.24, 2.45) is 5.10 Å². The molecule has 0 unspecified atom stereocenters. The second kappa shape index (κ2) is 4.81. The van der Waals surface area contributed by atoms with Crippen LogP contribution < -0.4 is 0 Å². The van der Waals surface area contributed by atoms with Crippen LogP contribution in [0.15, 0.2) is 54.1 Å². The molecule has 0 saturated carbocycles. The largest absolute Gasteiger partial charge is 0.346 e. The normalized spacial score (nSPS) is 15.4. The minimum atomic E-state index is 0.843. The van der Waals surface area contributed by atoms with E-state index in [0.29, 0.717) is 0 Å². The van der Waals surface area contributed by atoms with Gasteiger partial charge in [0.05, 0.1) is 5.70 Å². The molecule has 0 spiro atoms. The van der Waals surface area contributed by atoms with Gasteiger partial charge in [0.15, 0.2) is 0 Å². The van der Waals surface area contributed by atoms with E-state index in [1.165, 1.54) is 0 Å². The molecule has 0 radical (unpaired) electrons. The van der Waals surface area contributed by atoms with Gasteiger partial charge in [0.2, 0.25) is 0 Å². The highest BCUT2D eigenvalue weighted by Gasteiger charge is 2.12. The Morgan fingerprint density at radius 2 is 2.25 bits per heavy atom. The molecule has 0 aromatic carbocycles. The summed E-state index contributed by atoms with van der Waals surface area (Å²) in [6.45, 7) is 7.90. The van der Waals surface area contributed by atoms with E-state index in [1.54, 1.807) is 11.2 Å². The number of aromatic amines is 1. The molecule has 4 heteroatoms. The predicted octanol–water partition coefficient (Wildman–Crippen LogP) is 3.60. The first-order chi connectivity index (χ1) is 9.69. The molecule has 1 N–H and O–H groups in total. The number of hydrogen-bond acceptors (Lipinski definition) is 3. The van der Waals surface area contributed by atoms with Crippen molar-refractivity contribution in [3.63, 3.8) is 0 Å². The van der Waals surface area contributed by atoms with Gasteiger partial charge < -0.3 is 4.98 Å². The van der Waals surface area contributed by atoms with Crippen molar-refractivity contribution in [2.45, 2.75) is 13.8 Å². The average Bonchev–Trinajstić information content (AvgIpc) is 2.84. The van der Waals surface area contributed by atoms with Crippen LogP contribution in [0.5, 0.6) is 0 Å². The standard InChI is InChI=1S/C16H16N4/c1-4-18-20-8-7-13(9-12(20)3)15-10-17-16-14(15)6-5-11(2)19-16/h4-10H,3H2,1-2H3,(H,17,19)/b18-4-. The Balaban J connectivity index is 2.03. The summed E-state index contributed by atoms with van der Waals surface area (Å²) in [6.07, 6.45) is 9.70. The topological polar surface area (TPSA) is 44.3 Å². The van der Waals surface area contributed by atoms with E-state index in [0.717, 1.165) is 33.6 Å². The van der Waals surface area contributed by atoms with Crippen LogP contribution in [0.3, 0.4) is 0 Å². The first kappa shape index (κ1) is 12.4. The molecule has 3 rings (SSSR count). The highest BCUT2D eigenvalue weighted by atomic mass is 15.4. The molecule has 0 aliphatic carbocycles. The second-order valence-corrected chi connectivity index (χ2v) is 4.68. The van der Waals surface area contributed by atoms with E-state index in [4.69, 9.17) is 0 Å². The number of fused-ring (bicyclic) bond motifs is 1. The smallest absolute Gasteiger partial charge is 0.138 e. The fraction of sp³-hybridized carbons (Fsp3) is 0.125. The van der Waals surface area contributed by atoms with Crippen molar-refractivity contribution >= 4 is 22.8 Å². The van der Waals surface area contributed by atoms with Crippen LogP contribution in [0.25, 0.3) is 16.6 Å². The summed E-state index contributed by atoms with van der Waals surface area (Å²) in [5.41, 5.74) is 5.00. The van der Waals surface area contributed by atoms with Gasteiger partial charge in [-0.3, -0.25) is 0 Å². The van der Waals surface area contributed by atoms with Crippen molar-refractivity contribution in [3.8, 4) is 0 Å². The zero-order chi connectivity index (χ0) is 14.1. The first-order valence-electron chi connectivity index (χ1n) is 6.51. The van der Waals surface area contributed by atoms with Crippen LogP contribution in [0.4, 0.5) is 0 Å². The van der Waals surface area contributed by atoms with Crippen LogP contribution in [0.1, 0.15) is 18.2 Å². The second-order valence-electron chi connectivity index (χ2n) is 4.68. The lowest BCUT2D eigenvalue weighted by Crippen LogP contribution is -2.10. The maximum absolute atomic E-state index is 4.49. The van der Waals surface area contributed by atoms with Gasteiger partial charge in [-0.1, -0.05) is 6.58 Å². The van der Waals surface area contributed by atoms with Crippen LogP contribution in [0, 0.1) is 6.92 Å². The number of aromatic nitrogens is 2. The summed E-state index contributed by atoms with van der Waals surface area (Å²) in [5.74, 6) is 0. The molecule has 0 saturated heterocycles. The lowest BCUT2D eigenvalue weighted by molar-refractivity contribution is 0.516. The van der Waals surface area contributed by atoms with Gasteiger partial charge in [-0.05, 0) is 43.7 Å². The van der Waals surface area contributed by atoms with E-state index in [-0.39, 0.29) is 0 Å². The molecule has 0 fully saturated rings. The van der Waals surface area contributed by atoms with E-state index in [1.807, 2.05) is 44.5 Å². The van der Waals surface area contributed by atoms with Gasteiger partial charge in [0.1, 0.15) is 5.65 Å². The Morgan fingerprint density at radius 3 is 3.00 bits per heavy atom. The number of pyridine rings is 1. The molecule has 4 nitrogen and oxygen atoms in total. The van der Waals surface area contributed by atoms with E-state index >= 15 is 0 Å². The SMILES string of the molecule is C=C1C=C(c2c[nH]c3nc(C)ccc23)C=CN1/N=C\C. The summed E-state index contributed by atoms with van der Waals surface area (Å²) < 4.78 is 0. The molecule has 0 bridgehead atoms. The van der Waals surface area contributed by atoms with Gasteiger partial charge in [0, 0.05) is 35.3 Å². The average molecular weight is 264 g/mol. The summed E-state index contributed by atoms with van der Waals surface area (Å²) in [4.78, 5) is 7.71. The quantitative estimate of drug-likeness (QED) is 0.842. The van der Waals surface area contributed by atoms with Gasteiger partial charge in [-0.25, -0.2) is 9.99 Å². The lowest BCUT2D eigenvalue weighted by atomic mass is 10.0. The van der Waals surface area contributed by atoms with Crippen molar-refractivity contribution in [2.75, 3.05) is 0 Å². The lowest BCUT2D eigenvalue weighted by Gasteiger charge is -2.19. The molecule has 20 heavy (non-hydrogen) atoms. The number of H-pyrrole nitrogens is 1. The molecule has 3 heterocycles. The highest BCUT2D eigenvalue weighted by Crippen LogP contribution is 2.29. The number of rotatable bonds is 2. The molecular formula is C16H16N4. The Bertz CT molecular complexity index is 762. The Hall–Kier alpha value is -2.62. The molecule has 2 aromatic heterocycles. The van der Waals surface area contributed by atoms with Crippen molar-refractivity contribution in [3.05, 3.63) is 60.2 Å². The Morgan fingerprint density at radius 1 is 1.40 bits per heavy atom. The minimum Gasteiger partial charge on any atom is -0.346 e. The van der Waals surface area contributed by atoms with Crippen molar-refractivity contribution < 1.29 is 0 Å². The molecule has 2 aromatic rings. The van der Waals surface area contributed by atoms with E-state index in [9.17, 15) is 0 Å². The fourth-order valence-corrected chi connectivity index (χ4v) is 2.29. The molecular weight excluding hydrogens is 248 g/mol. The third-order valence-electron chi connectivity index (χ3n) is 3.24. The third kappa shape index (κ3) is 2.05. The first-order valence-corrected chi connectivity index (χ1v) is 6.51. The highest BCUT2D eigenvalue weighted by molar-refractivity contribution is 5.94. The van der Waals surface area contributed by atoms with Crippen LogP contribution in [-0.4, -0.2) is 21.2 Å². The number of allylic oxidation sites excluding steroid dienone is 3. The Labute approximate surface area is 117 Å². The van der Waals surface area contributed by atoms with Gasteiger partial charge in [0.25, 0.3) is 0 Å². The van der Waals surface area contributed by atoms with Crippen molar-refractivity contribution in [1.29, 1.82) is 0 Å². The monoisotopic (exact) mass is 264 g/mol. The van der Waals surface area contributed by atoms with Crippen LogP contribution in [-0.2, 0) is 0 Å². The summed E-state index contributed by atoms with van der Waals surface area (Å²) in [7, 11) is 0. The molecule has 100 valence electrons. The number of nitrogens with one attached hydrogen (secondary N) is 1. The molecule has 1 aliphatic rings. The molecule has 1 aliphatic heterocycles. The van der Waals surface area contributed by atoms with Gasteiger partial charge in [-0.2, -0.15) is 5.10 Å². The van der Waals surface area contributed by atoms with E-state index < -0.39 is 0 Å². The van der Waals surface area contributed by atoms with Crippen LogP contribution >= 0.6 is 0 Å². The number of hydrazone groups is 1. The predicted molar refractivity (Wildman–Crippen MR) is 83.1 cm³/mol. The summed E-state index contributed by atoms with van der Waals surface area (Å²) >= 11 is 0. The summed E-state index contributed by atoms with van der Waals surface area (Å²) in [6, 6.07) is 4.12. The van der Waals surface area contributed by atoms with E-state index in [2.05, 4.69) is 27.7 Å². The number of aryl methyl sites for hydroxylation is 1. The zero-order valence-electron chi connectivity index (χ0n) is 11.6.